The lowest BCUT2D eigenvalue weighted by Crippen LogP contribution is -2.45. The van der Waals surface area contributed by atoms with Crippen LogP contribution in [0.15, 0.2) is 30.5 Å². The minimum atomic E-state index is -0.555. The van der Waals surface area contributed by atoms with E-state index in [1.54, 1.807) is 0 Å². The van der Waals surface area contributed by atoms with E-state index in [1.807, 2.05) is 35.1 Å². The van der Waals surface area contributed by atoms with Gasteiger partial charge in [0.1, 0.15) is 0 Å². The summed E-state index contributed by atoms with van der Waals surface area (Å²) in [5, 5.41) is 24.9. The fourth-order valence-electron chi connectivity index (χ4n) is 3.41. The predicted octanol–water partition coefficient (Wildman–Crippen LogP) is 1.03. The van der Waals surface area contributed by atoms with Crippen molar-refractivity contribution in [3.05, 3.63) is 41.7 Å². The first-order valence-electron chi connectivity index (χ1n) is 9.38. The topological polar surface area (TPSA) is 101 Å². The van der Waals surface area contributed by atoms with Gasteiger partial charge in [0.15, 0.2) is 0 Å². The minimum absolute atomic E-state index is 0.0899. The lowest BCUT2D eigenvalue weighted by Gasteiger charge is -2.21. The number of aliphatic hydroxyl groups is 1. The maximum absolute atomic E-state index is 11.1. The smallest absolute Gasteiger partial charge is 0.221 e. The van der Waals surface area contributed by atoms with E-state index >= 15 is 0 Å². The molecule has 2 fully saturated rings. The van der Waals surface area contributed by atoms with Crippen LogP contribution >= 0.6 is 0 Å². The molecule has 0 radical (unpaired) electrons. The van der Waals surface area contributed by atoms with Crippen molar-refractivity contribution in [3.8, 4) is 0 Å². The Hall–Kier alpha value is -2.29. The van der Waals surface area contributed by atoms with Gasteiger partial charge in [0, 0.05) is 31.3 Å². The first-order valence-corrected chi connectivity index (χ1v) is 9.38. The van der Waals surface area contributed by atoms with Gasteiger partial charge in [0.25, 0.3) is 0 Å². The third-order valence-electron chi connectivity index (χ3n) is 5.03. The van der Waals surface area contributed by atoms with Crippen LogP contribution < -0.4 is 10.6 Å². The number of hydrogen-bond acceptors (Lipinski definition) is 6. The van der Waals surface area contributed by atoms with Crippen LogP contribution in [0.25, 0.3) is 0 Å². The number of aliphatic hydroxyl groups excluding tert-OH is 1. The van der Waals surface area contributed by atoms with E-state index in [0.29, 0.717) is 25.6 Å². The number of hydrogen-bond donors (Lipinski definition) is 3. The Bertz CT molecular complexity index is 787. The van der Waals surface area contributed by atoms with Gasteiger partial charge in [0.05, 0.1) is 37.1 Å². The van der Waals surface area contributed by atoms with Crippen molar-refractivity contribution in [1.29, 1.82) is 0 Å². The second-order valence-corrected chi connectivity index (χ2v) is 7.36. The van der Waals surface area contributed by atoms with Crippen LogP contribution in [0.3, 0.4) is 0 Å². The van der Waals surface area contributed by atoms with E-state index < -0.39 is 6.10 Å². The molecule has 1 amide bonds. The van der Waals surface area contributed by atoms with Crippen LogP contribution in [0.2, 0.25) is 0 Å². The molecule has 8 nitrogen and oxygen atoms in total. The standard InChI is InChI=1S/C19H25N5O3/c1-12(25)21-15-6-2-13(3-7-15)8-20-19-17(26)11-27-18(19)10-24-9-16(22-23-24)14-4-5-14/h2-3,6-7,9,14,17-20,26H,4-5,8,10-11H2,1H3,(H,21,25)/t17-,18+,19+/m0/s1. The molecular weight excluding hydrogens is 346 g/mol. The van der Waals surface area contributed by atoms with Crippen LogP contribution in [0, 0.1) is 0 Å². The number of aromatic nitrogens is 3. The van der Waals surface area contributed by atoms with Crippen LogP contribution in [0.1, 0.15) is 36.9 Å². The number of carbonyl (C=O) groups excluding carboxylic acids is 1. The predicted molar refractivity (Wildman–Crippen MR) is 99.1 cm³/mol. The molecule has 0 spiro atoms. The molecule has 144 valence electrons. The second kappa shape index (κ2) is 7.75. The van der Waals surface area contributed by atoms with Crippen molar-refractivity contribution in [2.75, 3.05) is 11.9 Å². The molecule has 1 aromatic heterocycles. The average Bonchev–Trinajstić information content (AvgIpc) is 3.30. The van der Waals surface area contributed by atoms with E-state index in [9.17, 15) is 9.90 Å². The van der Waals surface area contributed by atoms with Gasteiger partial charge >= 0.3 is 0 Å². The van der Waals surface area contributed by atoms with Gasteiger partial charge in [-0.05, 0) is 30.5 Å². The van der Waals surface area contributed by atoms with Crippen LogP contribution in [0.4, 0.5) is 5.69 Å². The molecular formula is C19H25N5O3. The number of benzene rings is 1. The van der Waals surface area contributed by atoms with Crippen molar-refractivity contribution in [2.24, 2.45) is 0 Å². The molecule has 1 aliphatic heterocycles. The molecule has 4 rings (SSSR count). The maximum Gasteiger partial charge on any atom is 0.221 e. The SMILES string of the molecule is CC(=O)Nc1ccc(CN[C@@H]2[C@@H](O)CO[C@@H]2Cn2cc(C3CC3)nn2)cc1. The normalized spacial score (nSPS) is 24.9. The molecule has 27 heavy (non-hydrogen) atoms. The number of amides is 1. The third kappa shape index (κ3) is 4.52. The Morgan fingerprint density at radius 3 is 2.81 bits per heavy atom. The van der Waals surface area contributed by atoms with Gasteiger partial charge in [-0.15, -0.1) is 5.10 Å². The average molecular weight is 371 g/mol. The molecule has 2 heterocycles. The highest BCUT2D eigenvalue weighted by molar-refractivity contribution is 5.88. The third-order valence-corrected chi connectivity index (χ3v) is 5.03. The summed E-state index contributed by atoms with van der Waals surface area (Å²) in [6.07, 6.45) is 3.67. The molecule has 2 aliphatic rings. The van der Waals surface area contributed by atoms with Crippen molar-refractivity contribution in [1.82, 2.24) is 20.3 Å². The number of anilines is 1. The van der Waals surface area contributed by atoms with Gasteiger partial charge < -0.3 is 20.5 Å². The molecule has 0 unspecified atom stereocenters. The summed E-state index contributed by atoms with van der Waals surface area (Å²) in [6, 6.07) is 7.47. The summed E-state index contributed by atoms with van der Waals surface area (Å²) in [6.45, 7) is 2.97. The Morgan fingerprint density at radius 2 is 2.11 bits per heavy atom. The second-order valence-electron chi connectivity index (χ2n) is 7.36. The highest BCUT2D eigenvalue weighted by Crippen LogP contribution is 2.38. The molecule has 3 N–H and O–H groups in total. The summed E-state index contributed by atoms with van der Waals surface area (Å²) in [5.41, 5.74) is 2.89. The fraction of sp³-hybridized carbons (Fsp3) is 0.526. The lowest BCUT2D eigenvalue weighted by atomic mass is 10.1. The summed E-state index contributed by atoms with van der Waals surface area (Å²) in [4.78, 5) is 11.1. The molecule has 1 aromatic carbocycles. The number of rotatable bonds is 7. The first kappa shape index (κ1) is 18.1. The fourth-order valence-corrected chi connectivity index (χ4v) is 3.41. The molecule has 0 bridgehead atoms. The van der Waals surface area contributed by atoms with Crippen LogP contribution in [-0.4, -0.2) is 50.9 Å². The molecule has 1 saturated carbocycles. The number of nitrogens with one attached hydrogen (secondary N) is 2. The Balaban J connectivity index is 1.33. The van der Waals surface area contributed by atoms with Gasteiger partial charge in [0.2, 0.25) is 5.91 Å². The van der Waals surface area contributed by atoms with Crippen molar-refractivity contribution in [3.63, 3.8) is 0 Å². The number of ether oxygens (including phenoxy) is 1. The van der Waals surface area contributed by atoms with Gasteiger partial charge in [-0.3, -0.25) is 4.79 Å². The van der Waals surface area contributed by atoms with E-state index in [0.717, 1.165) is 16.9 Å². The van der Waals surface area contributed by atoms with Gasteiger partial charge in [-0.25, -0.2) is 4.68 Å². The van der Waals surface area contributed by atoms with Crippen LogP contribution in [0.5, 0.6) is 0 Å². The molecule has 1 aliphatic carbocycles. The molecule has 8 heteroatoms. The zero-order valence-corrected chi connectivity index (χ0v) is 15.3. The van der Waals surface area contributed by atoms with E-state index in [1.165, 1.54) is 19.8 Å². The molecule has 1 saturated heterocycles. The summed E-state index contributed by atoms with van der Waals surface area (Å²) >= 11 is 0. The molecule has 3 atom stereocenters. The quantitative estimate of drug-likeness (QED) is 0.672. The zero-order chi connectivity index (χ0) is 18.8. The monoisotopic (exact) mass is 371 g/mol. The zero-order valence-electron chi connectivity index (χ0n) is 15.3. The Kier molecular flexibility index (Phi) is 5.20. The summed E-state index contributed by atoms with van der Waals surface area (Å²) < 4.78 is 7.58. The van der Waals surface area contributed by atoms with E-state index in [4.69, 9.17) is 4.74 Å². The van der Waals surface area contributed by atoms with Crippen molar-refractivity contribution >= 4 is 11.6 Å². The highest BCUT2D eigenvalue weighted by atomic mass is 16.5. The van der Waals surface area contributed by atoms with Gasteiger partial charge in [-0.2, -0.15) is 0 Å². The summed E-state index contributed by atoms with van der Waals surface area (Å²) in [5.74, 6) is 0.483. The lowest BCUT2D eigenvalue weighted by molar-refractivity contribution is -0.114. The maximum atomic E-state index is 11.1. The Morgan fingerprint density at radius 1 is 1.33 bits per heavy atom. The highest BCUT2D eigenvalue weighted by Gasteiger charge is 2.36. The number of carbonyl (C=O) groups is 1. The van der Waals surface area contributed by atoms with Crippen molar-refractivity contribution in [2.45, 2.75) is 57.0 Å². The Labute approximate surface area is 157 Å². The first-order chi connectivity index (χ1) is 13.1. The van der Waals surface area contributed by atoms with E-state index in [-0.39, 0.29) is 18.1 Å². The minimum Gasteiger partial charge on any atom is -0.389 e. The largest absolute Gasteiger partial charge is 0.389 e. The summed E-state index contributed by atoms with van der Waals surface area (Å²) in [7, 11) is 0. The molecule has 2 aromatic rings. The number of nitrogens with zero attached hydrogens (tertiary/aromatic N) is 3. The van der Waals surface area contributed by atoms with Crippen LogP contribution in [-0.2, 0) is 22.6 Å². The van der Waals surface area contributed by atoms with Gasteiger partial charge in [-0.1, -0.05) is 17.3 Å². The van der Waals surface area contributed by atoms with E-state index in [2.05, 4.69) is 20.9 Å². The van der Waals surface area contributed by atoms with Crippen molar-refractivity contribution < 1.29 is 14.6 Å².